The molecule has 2 aliphatic rings. The molecule has 5 rings (SSSR count). The molecule has 0 N–H and O–H groups in total. The van der Waals surface area contributed by atoms with Gasteiger partial charge >= 0.3 is 17.3 Å². The van der Waals surface area contributed by atoms with E-state index in [-0.39, 0.29) is 38.1 Å². The van der Waals surface area contributed by atoms with Gasteiger partial charge in [-0.2, -0.15) is 0 Å². The number of hydrogen-bond donors (Lipinski definition) is 0. The van der Waals surface area contributed by atoms with Crippen LogP contribution in [0.4, 0.5) is 0 Å². The number of aromatic nitrogens is 3. The molecule has 0 radical (unpaired) electrons. The van der Waals surface area contributed by atoms with Crippen LogP contribution in [0.25, 0.3) is 5.69 Å². The molecule has 0 saturated heterocycles. The molecular formula is C29H32N4O7. The van der Waals surface area contributed by atoms with E-state index >= 15 is 0 Å². The summed E-state index contributed by atoms with van der Waals surface area (Å²) in [6, 6.07) is 11.2. The quantitative estimate of drug-likeness (QED) is 0.182. The molecule has 0 spiro atoms. The highest BCUT2D eigenvalue weighted by molar-refractivity contribution is 5.94. The molecule has 0 fully saturated rings. The number of fused-ring (bicyclic) bond motifs is 5. The summed E-state index contributed by atoms with van der Waals surface area (Å²) in [4.78, 5) is 52.4. The van der Waals surface area contributed by atoms with E-state index in [2.05, 4.69) is 0 Å². The maximum Gasteiger partial charge on any atom is 0.352 e. The Hall–Kier alpha value is -4.38. The van der Waals surface area contributed by atoms with E-state index in [0.29, 0.717) is 22.7 Å². The van der Waals surface area contributed by atoms with Crippen molar-refractivity contribution in [1.29, 1.82) is 0 Å². The van der Waals surface area contributed by atoms with Crippen molar-refractivity contribution in [2.45, 2.75) is 39.0 Å². The number of ether oxygens (including phenoxy) is 3. The first-order valence-corrected chi connectivity index (χ1v) is 13.0. The first kappa shape index (κ1) is 27.2. The summed E-state index contributed by atoms with van der Waals surface area (Å²) in [5, 5.41) is 0. The van der Waals surface area contributed by atoms with Crippen LogP contribution in [0.3, 0.4) is 0 Å². The Morgan fingerprint density at radius 3 is 2.45 bits per heavy atom. The third-order valence-electron chi connectivity index (χ3n) is 7.02. The summed E-state index contributed by atoms with van der Waals surface area (Å²) in [5.41, 5.74) is 0.754. The first-order valence-electron chi connectivity index (χ1n) is 13.0. The second kappa shape index (κ2) is 10.3. The molecule has 1 atom stereocenters. The molecule has 11 nitrogen and oxygen atoms in total. The van der Waals surface area contributed by atoms with Crippen molar-refractivity contribution in [3.8, 4) is 17.2 Å². The highest BCUT2D eigenvalue weighted by Gasteiger charge is 2.44. The van der Waals surface area contributed by atoms with E-state index in [1.54, 1.807) is 55.4 Å². The van der Waals surface area contributed by atoms with E-state index in [1.807, 2.05) is 26.0 Å². The number of carbonyl (C=O) groups is 2. The van der Waals surface area contributed by atoms with E-state index < -0.39 is 23.0 Å². The molecule has 0 saturated carbocycles. The summed E-state index contributed by atoms with van der Waals surface area (Å²) in [6.07, 6.45) is 1.93. The monoisotopic (exact) mass is 548 g/mol. The van der Waals surface area contributed by atoms with Gasteiger partial charge in [0.2, 0.25) is 0 Å². The highest BCUT2D eigenvalue weighted by atomic mass is 16.6. The lowest BCUT2D eigenvalue weighted by atomic mass is 9.83. The third-order valence-corrected chi connectivity index (χ3v) is 7.02. The fourth-order valence-electron chi connectivity index (χ4n) is 5.15. The van der Waals surface area contributed by atoms with Crippen LogP contribution in [0.2, 0.25) is 0 Å². The number of Topliss-reactive ketones (excluding diaryl/α,β-unsaturated/α-hetero) is 1. The van der Waals surface area contributed by atoms with Gasteiger partial charge in [-0.25, -0.2) is 23.5 Å². The fraction of sp³-hybridized carbons (Fsp3) is 0.379. The Morgan fingerprint density at radius 1 is 1.05 bits per heavy atom. The molecule has 3 aromatic rings. The van der Waals surface area contributed by atoms with Crippen LogP contribution in [0, 0.1) is 0 Å². The van der Waals surface area contributed by atoms with Crippen LogP contribution in [0.15, 0.2) is 63.7 Å². The van der Waals surface area contributed by atoms with E-state index in [9.17, 15) is 19.2 Å². The van der Waals surface area contributed by atoms with Crippen LogP contribution in [-0.2, 0) is 16.1 Å². The van der Waals surface area contributed by atoms with Crippen molar-refractivity contribution in [3.05, 3.63) is 86.2 Å². The van der Waals surface area contributed by atoms with Gasteiger partial charge in [0.25, 0.3) is 0 Å². The van der Waals surface area contributed by atoms with Gasteiger partial charge in [-0.1, -0.05) is 6.08 Å². The number of carbonyl (C=O) groups excluding carboxylic acids is 2. The third kappa shape index (κ3) is 4.88. The predicted molar refractivity (Wildman–Crippen MR) is 147 cm³/mol. The topological polar surface area (TPSA) is 114 Å². The zero-order valence-corrected chi connectivity index (χ0v) is 23.2. The average Bonchev–Trinajstić information content (AvgIpc) is 3.15. The summed E-state index contributed by atoms with van der Waals surface area (Å²) in [5.74, 6) is 0.615. The lowest BCUT2D eigenvalue weighted by molar-refractivity contribution is -0.145. The largest absolute Gasteiger partial charge is 0.490 e. The van der Waals surface area contributed by atoms with E-state index in [1.165, 1.54) is 16.3 Å². The van der Waals surface area contributed by atoms with Crippen molar-refractivity contribution in [1.82, 2.24) is 18.8 Å². The highest BCUT2D eigenvalue weighted by Crippen LogP contribution is 2.47. The number of rotatable bonds is 8. The maximum absolute atomic E-state index is 13.8. The number of benzene rings is 2. The lowest BCUT2D eigenvalue weighted by Crippen LogP contribution is -2.46. The van der Waals surface area contributed by atoms with E-state index in [0.717, 1.165) is 15.7 Å². The molecule has 40 heavy (non-hydrogen) atoms. The molecule has 1 aromatic heterocycles. The average molecular weight is 549 g/mol. The van der Waals surface area contributed by atoms with Crippen LogP contribution in [0.1, 0.15) is 42.7 Å². The zero-order valence-electron chi connectivity index (χ0n) is 23.2. The van der Waals surface area contributed by atoms with E-state index in [4.69, 9.17) is 14.2 Å². The Kier molecular flexibility index (Phi) is 7.01. The normalized spacial score (nSPS) is 16.8. The molecule has 0 bridgehead atoms. The van der Waals surface area contributed by atoms with Gasteiger partial charge in [-0.05, 0) is 76.8 Å². The number of esters is 1. The number of ketones is 1. The number of allylic oxidation sites excluding steroid dienone is 1. The molecule has 210 valence electrons. The van der Waals surface area contributed by atoms with Crippen LogP contribution >= 0.6 is 0 Å². The predicted octanol–water partition coefficient (Wildman–Crippen LogP) is 2.19. The molecule has 1 unspecified atom stereocenters. The first-order chi connectivity index (χ1) is 19.0. The summed E-state index contributed by atoms with van der Waals surface area (Å²) in [7, 11) is 3.57. The van der Waals surface area contributed by atoms with Crippen molar-refractivity contribution < 1.29 is 23.8 Å². The molecule has 11 heteroatoms. The fourth-order valence-corrected chi connectivity index (χ4v) is 5.15. The summed E-state index contributed by atoms with van der Waals surface area (Å²) in [6.45, 7) is 5.98. The summed E-state index contributed by atoms with van der Waals surface area (Å²) < 4.78 is 21.3. The Labute approximate surface area is 230 Å². The van der Waals surface area contributed by atoms with Gasteiger partial charge in [0, 0.05) is 17.2 Å². The van der Waals surface area contributed by atoms with Crippen molar-refractivity contribution >= 4 is 11.8 Å². The van der Waals surface area contributed by atoms with Crippen molar-refractivity contribution in [3.63, 3.8) is 0 Å². The zero-order chi connectivity index (χ0) is 28.8. The van der Waals surface area contributed by atoms with Gasteiger partial charge in [-0.3, -0.25) is 14.5 Å². The minimum absolute atomic E-state index is 0.102. The van der Waals surface area contributed by atoms with Crippen LogP contribution < -0.4 is 20.9 Å². The Morgan fingerprint density at radius 2 is 1.77 bits per heavy atom. The van der Waals surface area contributed by atoms with Crippen molar-refractivity contribution in [2.75, 3.05) is 33.9 Å². The van der Waals surface area contributed by atoms with Gasteiger partial charge < -0.3 is 14.2 Å². The summed E-state index contributed by atoms with van der Waals surface area (Å²) >= 11 is 0. The smallest absolute Gasteiger partial charge is 0.352 e. The SMILES string of the molecule is CC(=O)c1ccc(-n2c(=O)n3n(c2=O)C2C(=CC3)C(C)(C)Oc3cc(OCCOC(=O)CN(C)C)ccc32)cc1. The molecule has 3 heterocycles. The van der Waals surface area contributed by atoms with Crippen molar-refractivity contribution in [2.24, 2.45) is 0 Å². The maximum atomic E-state index is 13.8. The molecule has 2 aliphatic heterocycles. The molecule has 0 aliphatic carbocycles. The Balaban J connectivity index is 1.47. The standard InChI is InChI=1S/C29H32N4O7/c1-18(34)19-6-8-20(9-7-19)32-27(36)31-13-12-23-26(33(31)28(32)37)22-11-10-21(16-24(22)40-29(23,2)3)38-14-15-39-25(35)17-30(4)5/h6-12,16,26H,13-15,17H2,1-5H3. The number of likely N-dealkylation sites (N-methyl/N-ethyl adjacent to an activating group) is 1. The second-order valence-electron chi connectivity index (χ2n) is 10.6. The van der Waals surface area contributed by atoms with Gasteiger partial charge in [0.15, 0.2) is 5.78 Å². The van der Waals surface area contributed by atoms with Gasteiger partial charge in [-0.15, -0.1) is 0 Å². The molecule has 2 aromatic carbocycles. The van der Waals surface area contributed by atoms with Gasteiger partial charge in [0.05, 0.1) is 18.8 Å². The number of hydrogen-bond acceptors (Lipinski definition) is 8. The lowest BCUT2D eigenvalue weighted by Gasteiger charge is -2.42. The number of nitrogens with zero attached hydrogens (tertiary/aromatic N) is 4. The molecule has 0 amide bonds. The molecular weight excluding hydrogens is 516 g/mol. The minimum atomic E-state index is -0.760. The second-order valence-corrected chi connectivity index (χ2v) is 10.6. The minimum Gasteiger partial charge on any atom is -0.490 e. The van der Waals surface area contributed by atoms with Crippen LogP contribution in [0.5, 0.6) is 11.5 Å². The van der Waals surface area contributed by atoms with Crippen LogP contribution in [-0.4, -0.2) is 70.0 Å². The van der Waals surface area contributed by atoms with Gasteiger partial charge in [0.1, 0.15) is 36.4 Å². The Bertz CT molecular complexity index is 1620.